The van der Waals surface area contributed by atoms with Gasteiger partial charge in [-0.1, -0.05) is 49.0 Å². The van der Waals surface area contributed by atoms with Gasteiger partial charge in [-0.25, -0.2) is 0 Å². The number of hydrogen-bond donors (Lipinski definition) is 1. The molecular weight excluding hydrogens is 282 g/mol. The Morgan fingerprint density at radius 2 is 1.95 bits per heavy atom. The summed E-state index contributed by atoms with van der Waals surface area (Å²) in [5.41, 5.74) is 1.00. The first-order valence-electron chi connectivity index (χ1n) is 7.64. The summed E-state index contributed by atoms with van der Waals surface area (Å²) >= 11 is 1.89. The number of nitrogens with zero attached hydrogens (tertiary/aromatic N) is 3. The minimum Gasteiger partial charge on any atom is -0.387 e. The van der Waals surface area contributed by atoms with Gasteiger partial charge in [0, 0.05) is 38.0 Å². The monoisotopic (exact) mass is 305 g/mol. The molecule has 21 heavy (non-hydrogen) atoms. The van der Waals surface area contributed by atoms with Crippen LogP contribution in [0.4, 0.5) is 0 Å². The lowest BCUT2D eigenvalue weighted by Gasteiger charge is -2.36. The van der Waals surface area contributed by atoms with Gasteiger partial charge in [-0.3, -0.25) is 9.89 Å². The highest BCUT2D eigenvalue weighted by Crippen LogP contribution is 2.24. The molecule has 1 saturated heterocycles. The van der Waals surface area contributed by atoms with Crippen LogP contribution in [0.5, 0.6) is 0 Å². The van der Waals surface area contributed by atoms with Crippen LogP contribution in [0.15, 0.2) is 35.3 Å². The standard InChI is InChI=1S/C16H23N3OS/c1-13-11-17-16(21-13)19-9-7-18(8-10-19)12-15(20)14-5-3-2-4-6-14/h2-6,13,15,20H,7-12H2,1H3/t13-,15-/m1/s1. The predicted molar refractivity (Wildman–Crippen MR) is 88.8 cm³/mol. The van der Waals surface area contributed by atoms with E-state index >= 15 is 0 Å². The zero-order valence-electron chi connectivity index (χ0n) is 12.5. The number of amidine groups is 1. The van der Waals surface area contributed by atoms with E-state index in [9.17, 15) is 5.11 Å². The van der Waals surface area contributed by atoms with Crippen LogP contribution >= 0.6 is 11.8 Å². The molecule has 0 spiro atoms. The van der Waals surface area contributed by atoms with Crippen molar-refractivity contribution in [3.8, 4) is 0 Å². The van der Waals surface area contributed by atoms with Gasteiger partial charge in [0.15, 0.2) is 5.17 Å². The molecule has 3 rings (SSSR count). The Morgan fingerprint density at radius 3 is 2.57 bits per heavy atom. The Labute approximate surface area is 130 Å². The van der Waals surface area contributed by atoms with E-state index in [2.05, 4.69) is 21.7 Å². The van der Waals surface area contributed by atoms with Crippen molar-refractivity contribution in [1.29, 1.82) is 0 Å². The third-order valence-electron chi connectivity index (χ3n) is 4.05. The molecule has 0 bridgehead atoms. The van der Waals surface area contributed by atoms with Crippen molar-refractivity contribution >= 4 is 16.9 Å². The summed E-state index contributed by atoms with van der Waals surface area (Å²) in [4.78, 5) is 9.35. The Kier molecular flexibility index (Phi) is 4.83. The first-order valence-corrected chi connectivity index (χ1v) is 8.52. The van der Waals surface area contributed by atoms with Gasteiger partial charge in [0.05, 0.1) is 12.6 Å². The lowest BCUT2D eigenvalue weighted by atomic mass is 10.1. The molecule has 0 aliphatic carbocycles. The molecular formula is C16H23N3OS. The molecule has 114 valence electrons. The van der Waals surface area contributed by atoms with Crippen LogP contribution in [-0.2, 0) is 0 Å². The summed E-state index contributed by atoms with van der Waals surface area (Å²) in [5.74, 6) is 0. The van der Waals surface area contributed by atoms with Crippen molar-refractivity contribution < 1.29 is 5.11 Å². The minimum atomic E-state index is -0.393. The highest BCUT2D eigenvalue weighted by molar-refractivity contribution is 8.14. The molecule has 0 amide bonds. The second-order valence-corrected chi connectivity index (χ2v) is 7.17. The predicted octanol–water partition coefficient (Wildman–Crippen LogP) is 1.83. The molecule has 0 saturated carbocycles. The van der Waals surface area contributed by atoms with Crippen molar-refractivity contribution in [2.45, 2.75) is 18.3 Å². The van der Waals surface area contributed by atoms with E-state index in [1.54, 1.807) is 0 Å². The number of hydrogen-bond acceptors (Lipinski definition) is 5. The number of aliphatic hydroxyl groups excluding tert-OH is 1. The second-order valence-electron chi connectivity index (χ2n) is 5.77. The molecule has 0 unspecified atom stereocenters. The van der Waals surface area contributed by atoms with Gasteiger partial charge < -0.3 is 10.0 Å². The first kappa shape index (κ1) is 14.9. The molecule has 2 heterocycles. The van der Waals surface area contributed by atoms with Crippen LogP contribution in [0.25, 0.3) is 0 Å². The van der Waals surface area contributed by atoms with Gasteiger partial charge in [-0.05, 0) is 5.56 Å². The fourth-order valence-electron chi connectivity index (χ4n) is 2.78. The lowest BCUT2D eigenvalue weighted by Crippen LogP contribution is -2.48. The molecule has 1 N–H and O–H groups in total. The molecule has 2 aliphatic heterocycles. The van der Waals surface area contributed by atoms with Crippen molar-refractivity contribution in [3.63, 3.8) is 0 Å². The van der Waals surface area contributed by atoms with Gasteiger partial charge in [-0.15, -0.1) is 0 Å². The van der Waals surface area contributed by atoms with Crippen molar-refractivity contribution in [2.75, 3.05) is 39.3 Å². The van der Waals surface area contributed by atoms with Gasteiger partial charge >= 0.3 is 0 Å². The van der Waals surface area contributed by atoms with Crippen LogP contribution in [0, 0.1) is 0 Å². The quantitative estimate of drug-likeness (QED) is 0.925. The van der Waals surface area contributed by atoms with Crippen LogP contribution in [-0.4, -0.2) is 64.6 Å². The lowest BCUT2D eigenvalue weighted by molar-refractivity contribution is 0.0904. The minimum absolute atomic E-state index is 0.393. The average molecular weight is 305 g/mol. The molecule has 1 aromatic carbocycles. The first-order chi connectivity index (χ1) is 10.2. The fraction of sp³-hybridized carbons (Fsp3) is 0.562. The van der Waals surface area contributed by atoms with E-state index < -0.39 is 6.10 Å². The third-order valence-corrected chi connectivity index (χ3v) is 5.20. The number of piperazine rings is 1. The maximum Gasteiger partial charge on any atom is 0.159 e. The van der Waals surface area contributed by atoms with Crippen LogP contribution in [0.2, 0.25) is 0 Å². The summed E-state index contributed by atoms with van der Waals surface area (Å²) < 4.78 is 0. The van der Waals surface area contributed by atoms with Gasteiger partial charge in [0.1, 0.15) is 0 Å². The summed E-state index contributed by atoms with van der Waals surface area (Å²) in [5, 5.41) is 12.1. The normalized spacial score (nSPS) is 25.0. The van der Waals surface area contributed by atoms with Gasteiger partial charge in [0.25, 0.3) is 0 Å². The number of β-amino-alcohol motifs (C(OH)–C–C–N with tert-alkyl or cyclic N) is 1. The van der Waals surface area contributed by atoms with Gasteiger partial charge in [-0.2, -0.15) is 0 Å². The number of aliphatic hydroxyl groups is 1. The Hall–Kier alpha value is -1.04. The van der Waals surface area contributed by atoms with E-state index in [4.69, 9.17) is 0 Å². The Balaban J connectivity index is 1.48. The topological polar surface area (TPSA) is 39.1 Å². The van der Waals surface area contributed by atoms with Crippen molar-refractivity contribution in [2.24, 2.45) is 4.99 Å². The summed E-state index contributed by atoms with van der Waals surface area (Å²) in [6.45, 7) is 7.92. The van der Waals surface area contributed by atoms with Crippen molar-refractivity contribution in [1.82, 2.24) is 9.80 Å². The molecule has 0 aromatic heterocycles. The molecule has 0 radical (unpaired) electrons. The van der Waals surface area contributed by atoms with Gasteiger partial charge in [0.2, 0.25) is 0 Å². The number of thioether (sulfide) groups is 1. The number of aliphatic imine (C=N–C) groups is 1. The van der Waals surface area contributed by atoms with Crippen LogP contribution in [0.1, 0.15) is 18.6 Å². The molecule has 1 fully saturated rings. The summed E-state index contributed by atoms with van der Waals surface area (Å²) in [6.07, 6.45) is -0.393. The zero-order valence-corrected chi connectivity index (χ0v) is 13.3. The number of rotatable bonds is 3. The molecule has 5 heteroatoms. The Bertz CT molecular complexity index is 486. The van der Waals surface area contributed by atoms with E-state index in [0.717, 1.165) is 38.3 Å². The third kappa shape index (κ3) is 3.78. The zero-order chi connectivity index (χ0) is 14.7. The second kappa shape index (κ2) is 6.81. The van der Waals surface area contributed by atoms with Crippen LogP contribution in [0.3, 0.4) is 0 Å². The summed E-state index contributed by atoms with van der Waals surface area (Å²) in [7, 11) is 0. The summed E-state index contributed by atoms with van der Waals surface area (Å²) in [6, 6.07) is 9.93. The SMILES string of the molecule is C[C@@H]1CN=C(N2CCN(C[C@@H](O)c3ccccc3)CC2)S1. The average Bonchev–Trinajstić information content (AvgIpc) is 2.95. The molecule has 2 aliphatic rings. The maximum absolute atomic E-state index is 10.3. The van der Waals surface area contributed by atoms with Crippen LogP contribution < -0.4 is 0 Å². The van der Waals surface area contributed by atoms with E-state index in [0.29, 0.717) is 11.8 Å². The maximum atomic E-state index is 10.3. The van der Waals surface area contributed by atoms with E-state index in [1.165, 1.54) is 5.17 Å². The van der Waals surface area contributed by atoms with E-state index in [1.807, 2.05) is 42.1 Å². The molecule has 1 aromatic rings. The molecule has 2 atom stereocenters. The van der Waals surface area contributed by atoms with E-state index in [-0.39, 0.29) is 0 Å². The smallest absolute Gasteiger partial charge is 0.159 e. The highest BCUT2D eigenvalue weighted by Gasteiger charge is 2.25. The van der Waals surface area contributed by atoms with Crippen molar-refractivity contribution in [3.05, 3.63) is 35.9 Å². The fourth-order valence-corrected chi connectivity index (χ4v) is 3.77. The Morgan fingerprint density at radius 1 is 1.24 bits per heavy atom. The molecule has 4 nitrogen and oxygen atoms in total. The largest absolute Gasteiger partial charge is 0.387 e. The highest BCUT2D eigenvalue weighted by atomic mass is 32.2. The number of benzene rings is 1.